The van der Waals surface area contributed by atoms with Crippen LogP contribution in [-0.2, 0) is 31.1 Å². The number of azide groups is 1. The molecule has 0 spiro atoms. The molecule has 12 nitrogen and oxygen atoms in total. The maximum atomic E-state index is 13.1. The largest absolute Gasteiger partial charge is 0.460 e. The molecule has 1 aromatic rings. The number of nitrogens with zero attached hydrogens (tertiary/aromatic N) is 4. The molecule has 0 unspecified atom stereocenters. The van der Waals surface area contributed by atoms with Crippen LogP contribution >= 0.6 is 0 Å². The quantitative estimate of drug-likeness (QED) is 0.117. The Morgan fingerprint density at radius 1 is 1.31 bits per heavy atom. The number of amides is 1. The van der Waals surface area contributed by atoms with E-state index in [-0.39, 0.29) is 32.7 Å². The standard InChI is InChI=1S/C22H32N6O6S/c1-5-9-18-14-28(35(31,32)25-13-12-24-20(30)34-21(2,3)4)16-22(18,26-27-23)19(29)33-15-17-10-7-6-8-11-17/h5-8,10-11,18,25H,1,9,12-16H2,2-4H3,(H,24,30)/t18-,22-/m1/s1. The topological polar surface area (TPSA) is 163 Å². The molecule has 192 valence electrons. The number of alkyl carbamates (subject to hydrolysis) is 1. The van der Waals surface area contributed by atoms with Crippen LogP contribution in [-0.4, -0.2) is 62.1 Å². The Balaban J connectivity index is 2.09. The summed E-state index contributed by atoms with van der Waals surface area (Å²) in [4.78, 5) is 27.7. The highest BCUT2D eigenvalue weighted by molar-refractivity contribution is 7.87. The van der Waals surface area contributed by atoms with Crippen molar-refractivity contribution in [2.24, 2.45) is 11.0 Å². The van der Waals surface area contributed by atoms with E-state index in [1.807, 2.05) is 6.07 Å². The smallest absolute Gasteiger partial charge is 0.407 e. The van der Waals surface area contributed by atoms with E-state index < -0.39 is 45.9 Å². The second-order valence-electron chi connectivity index (χ2n) is 9.02. The fraction of sp³-hybridized carbons (Fsp3) is 0.545. The first kappa shape index (κ1) is 28.1. The monoisotopic (exact) mass is 508 g/mol. The van der Waals surface area contributed by atoms with Gasteiger partial charge >= 0.3 is 12.1 Å². The third-order valence-corrected chi connectivity index (χ3v) is 6.70. The zero-order valence-corrected chi connectivity index (χ0v) is 21.0. The second kappa shape index (κ2) is 12.0. The maximum absolute atomic E-state index is 13.1. The summed E-state index contributed by atoms with van der Waals surface area (Å²) in [5, 5.41) is 6.19. The van der Waals surface area contributed by atoms with Gasteiger partial charge in [0.15, 0.2) is 5.54 Å². The van der Waals surface area contributed by atoms with Gasteiger partial charge in [0.05, 0.1) is 0 Å². The summed E-state index contributed by atoms with van der Waals surface area (Å²) < 4.78 is 39.8. The number of nitrogens with one attached hydrogen (secondary N) is 2. The van der Waals surface area contributed by atoms with Crippen molar-refractivity contribution in [2.45, 2.75) is 44.9 Å². The summed E-state index contributed by atoms with van der Waals surface area (Å²) in [7, 11) is -4.07. The molecule has 1 heterocycles. The zero-order valence-electron chi connectivity index (χ0n) is 20.1. The van der Waals surface area contributed by atoms with Gasteiger partial charge in [-0.25, -0.2) is 9.52 Å². The highest BCUT2D eigenvalue weighted by Crippen LogP contribution is 2.37. The molecule has 1 aromatic carbocycles. The summed E-state index contributed by atoms with van der Waals surface area (Å²) in [6, 6.07) is 8.95. The molecule has 1 saturated heterocycles. The lowest BCUT2D eigenvalue weighted by molar-refractivity contribution is -0.152. The average Bonchev–Trinajstić information content (AvgIpc) is 3.15. The number of esters is 1. The summed E-state index contributed by atoms with van der Waals surface area (Å²) in [6.07, 6.45) is 1.09. The molecule has 1 amide bonds. The van der Waals surface area contributed by atoms with Crippen LogP contribution in [0.2, 0.25) is 0 Å². The normalized spacial score (nSPS) is 20.5. The molecule has 0 saturated carbocycles. The molecule has 35 heavy (non-hydrogen) atoms. The van der Waals surface area contributed by atoms with Crippen LogP contribution in [0, 0.1) is 5.92 Å². The second-order valence-corrected chi connectivity index (χ2v) is 10.8. The molecule has 2 rings (SSSR count). The van der Waals surface area contributed by atoms with Crippen LogP contribution in [0.15, 0.2) is 48.1 Å². The van der Waals surface area contributed by atoms with Crippen molar-refractivity contribution in [3.05, 3.63) is 59.0 Å². The fourth-order valence-corrected chi connectivity index (χ4v) is 4.86. The Morgan fingerprint density at radius 2 is 2.00 bits per heavy atom. The number of allylic oxidation sites excluding steroid dienone is 1. The van der Waals surface area contributed by atoms with E-state index in [4.69, 9.17) is 9.47 Å². The predicted molar refractivity (Wildman–Crippen MR) is 129 cm³/mol. The minimum atomic E-state index is -4.07. The van der Waals surface area contributed by atoms with Gasteiger partial charge in [0.25, 0.3) is 10.2 Å². The van der Waals surface area contributed by atoms with Gasteiger partial charge < -0.3 is 14.8 Å². The Kier molecular flexibility index (Phi) is 9.66. The lowest BCUT2D eigenvalue weighted by Crippen LogP contribution is -2.47. The molecular weight excluding hydrogens is 476 g/mol. The van der Waals surface area contributed by atoms with Gasteiger partial charge in [-0.3, -0.25) is 4.79 Å². The van der Waals surface area contributed by atoms with Crippen LogP contribution in [0.25, 0.3) is 10.4 Å². The molecule has 0 radical (unpaired) electrons. The number of carbonyl (C=O) groups is 2. The highest BCUT2D eigenvalue weighted by Gasteiger charge is 2.55. The van der Waals surface area contributed by atoms with Crippen molar-refractivity contribution in [1.29, 1.82) is 0 Å². The number of ether oxygens (including phenoxy) is 2. The molecule has 0 bridgehead atoms. The van der Waals surface area contributed by atoms with E-state index in [0.717, 1.165) is 9.87 Å². The zero-order chi connectivity index (χ0) is 26.1. The van der Waals surface area contributed by atoms with Crippen molar-refractivity contribution in [3.63, 3.8) is 0 Å². The Hall–Kier alpha value is -3.12. The van der Waals surface area contributed by atoms with Crippen LogP contribution in [0.1, 0.15) is 32.8 Å². The predicted octanol–water partition coefficient (Wildman–Crippen LogP) is 2.65. The van der Waals surface area contributed by atoms with E-state index in [1.54, 1.807) is 45.0 Å². The van der Waals surface area contributed by atoms with Gasteiger partial charge in [-0.1, -0.05) is 41.5 Å². The van der Waals surface area contributed by atoms with Crippen LogP contribution in [0.3, 0.4) is 0 Å². The third kappa shape index (κ3) is 7.96. The third-order valence-electron chi connectivity index (χ3n) is 5.17. The molecule has 2 atom stereocenters. The number of hydrogen-bond acceptors (Lipinski definition) is 7. The molecule has 0 aromatic heterocycles. The Labute approximate surface area is 205 Å². The fourth-order valence-electron chi connectivity index (χ4n) is 3.58. The van der Waals surface area contributed by atoms with E-state index in [0.29, 0.717) is 0 Å². The minimum absolute atomic E-state index is 0.0152. The summed E-state index contributed by atoms with van der Waals surface area (Å²) in [6.45, 7) is 8.15. The van der Waals surface area contributed by atoms with Crippen LogP contribution in [0.5, 0.6) is 0 Å². The highest BCUT2D eigenvalue weighted by atomic mass is 32.2. The van der Waals surface area contributed by atoms with Crippen molar-refractivity contribution >= 4 is 22.3 Å². The van der Waals surface area contributed by atoms with Gasteiger partial charge in [-0.2, -0.15) is 12.7 Å². The van der Waals surface area contributed by atoms with Gasteiger partial charge in [0.2, 0.25) is 0 Å². The Morgan fingerprint density at radius 3 is 2.60 bits per heavy atom. The first-order valence-corrected chi connectivity index (χ1v) is 12.5. The van der Waals surface area contributed by atoms with Crippen LogP contribution < -0.4 is 10.0 Å². The van der Waals surface area contributed by atoms with Crippen molar-refractivity contribution in [3.8, 4) is 0 Å². The van der Waals surface area contributed by atoms with Crippen molar-refractivity contribution < 1.29 is 27.5 Å². The maximum Gasteiger partial charge on any atom is 0.407 e. The molecular formula is C22H32N6O6S. The summed E-state index contributed by atoms with van der Waals surface area (Å²) >= 11 is 0. The molecule has 1 fully saturated rings. The molecule has 2 N–H and O–H groups in total. The van der Waals surface area contributed by atoms with Crippen molar-refractivity contribution in [2.75, 3.05) is 26.2 Å². The van der Waals surface area contributed by atoms with Gasteiger partial charge in [-0.05, 0) is 44.2 Å². The van der Waals surface area contributed by atoms with Crippen LogP contribution in [0.4, 0.5) is 4.79 Å². The molecule has 1 aliphatic rings. The van der Waals surface area contributed by atoms with Gasteiger partial charge in [0, 0.05) is 31.1 Å². The minimum Gasteiger partial charge on any atom is -0.460 e. The Bertz CT molecular complexity index is 1050. The van der Waals surface area contributed by atoms with E-state index in [1.165, 1.54) is 6.08 Å². The SMILES string of the molecule is C=CC[C@@H]1CN(S(=O)(=O)NCCNC(=O)OC(C)(C)C)C[C@]1(N=[N+]=[N-])C(=O)OCc1ccccc1. The number of hydrogen-bond donors (Lipinski definition) is 2. The molecule has 13 heteroatoms. The number of benzene rings is 1. The molecule has 0 aliphatic carbocycles. The average molecular weight is 509 g/mol. The first-order chi connectivity index (χ1) is 16.4. The summed E-state index contributed by atoms with van der Waals surface area (Å²) in [5.74, 6) is -1.48. The number of carbonyl (C=O) groups excluding carboxylic acids is 2. The van der Waals surface area contributed by atoms with E-state index >= 15 is 0 Å². The molecule has 1 aliphatic heterocycles. The van der Waals surface area contributed by atoms with E-state index in [2.05, 4.69) is 26.6 Å². The van der Waals surface area contributed by atoms with Crippen molar-refractivity contribution in [1.82, 2.24) is 14.3 Å². The lowest BCUT2D eigenvalue weighted by atomic mass is 9.85. The van der Waals surface area contributed by atoms with Gasteiger partial charge in [0.1, 0.15) is 12.2 Å². The lowest BCUT2D eigenvalue weighted by Gasteiger charge is -2.26. The van der Waals surface area contributed by atoms with Gasteiger partial charge in [-0.15, -0.1) is 6.58 Å². The van der Waals surface area contributed by atoms with E-state index in [9.17, 15) is 23.5 Å². The first-order valence-electron chi connectivity index (χ1n) is 11.0. The summed E-state index contributed by atoms with van der Waals surface area (Å²) in [5.41, 5.74) is 7.50. The number of rotatable bonds is 11.